The second kappa shape index (κ2) is 6.24. The zero-order valence-corrected chi connectivity index (χ0v) is 13.6. The summed E-state index contributed by atoms with van der Waals surface area (Å²) in [6.07, 6.45) is 2.22. The highest BCUT2D eigenvalue weighted by atomic mass is 16.5. The average Bonchev–Trinajstić information content (AvgIpc) is 2.81. The topological polar surface area (TPSA) is 51.1 Å². The summed E-state index contributed by atoms with van der Waals surface area (Å²) in [5.74, 6) is 2.74. The Morgan fingerprint density at radius 2 is 2.30 bits per heavy atom. The van der Waals surface area contributed by atoms with Crippen molar-refractivity contribution in [1.29, 1.82) is 0 Å². The number of nitrogens with one attached hydrogen (secondary N) is 2. The van der Waals surface area contributed by atoms with E-state index in [2.05, 4.69) is 44.7 Å². The van der Waals surface area contributed by atoms with Crippen molar-refractivity contribution < 1.29 is 4.74 Å². The Balaban J connectivity index is 1.41. The Morgan fingerprint density at radius 1 is 1.39 bits per heavy atom. The van der Waals surface area contributed by atoms with Crippen LogP contribution in [-0.2, 0) is 6.54 Å². The Bertz CT molecular complexity index is 681. The molecule has 0 unspecified atom stereocenters. The van der Waals surface area contributed by atoms with Gasteiger partial charge in [0.15, 0.2) is 0 Å². The summed E-state index contributed by atoms with van der Waals surface area (Å²) in [6, 6.07) is 10.9. The number of fused-ring (bicyclic) bond motifs is 2. The minimum absolute atomic E-state index is 0.384. The third-order valence-corrected chi connectivity index (χ3v) is 4.75. The fourth-order valence-corrected chi connectivity index (χ4v) is 3.57. The van der Waals surface area contributed by atoms with Crippen molar-refractivity contribution in [1.82, 2.24) is 15.1 Å². The van der Waals surface area contributed by atoms with Gasteiger partial charge in [0.05, 0.1) is 12.3 Å². The lowest BCUT2D eigenvalue weighted by Crippen LogP contribution is -2.36. The standard InChI is InChI=1S/C18H24N4O/c1-13-9-18-20-11-14(12-22(18)21-13)10-19-16-6-4-8-23-17-7-3-2-5-15(16)17/h2-3,5,7,9,14,16,19-20H,4,6,8,10-12H2,1H3/t14-,16-/m0/s1. The van der Waals surface area contributed by atoms with Gasteiger partial charge in [-0.3, -0.25) is 0 Å². The molecule has 5 heteroatoms. The summed E-state index contributed by atoms with van der Waals surface area (Å²) < 4.78 is 7.95. The van der Waals surface area contributed by atoms with E-state index in [1.807, 2.05) is 13.0 Å². The van der Waals surface area contributed by atoms with Crippen LogP contribution in [0.4, 0.5) is 5.82 Å². The molecule has 0 amide bonds. The molecule has 1 aromatic heterocycles. The molecule has 0 fully saturated rings. The summed E-state index contributed by atoms with van der Waals surface area (Å²) >= 11 is 0. The van der Waals surface area contributed by atoms with E-state index in [0.29, 0.717) is 12.0 Å². The first-order valence-electron chi connectivity index (χ1n) is 8.53. The predicted octanol–water partition coefficient (Wildman–Crippen LogP) is 2.74. The summed E-state index contributed by atoms with van der Waals surface area (Å²) in [4.78, 5) is 0. The first kappa shape index (κ1) is 14.6. The number of hydrogen-bond acceptors (Lipinski definition) is 4. The van der Waals surface area contributed by atoms with Gasteiger partial charge in [-0.1, -0.05) is 18.2 Å². The van der Waals surface area contributed by atoms with Gasteiger partial charge in [0.25, 0.3) is 0 Å². The maximum absolute atomic E-state index is 5.85. The number of aryl methyl sites for hydroxylation is 1. The lowest BCUT2D eigenvalue weighted by atomic mass is 10.0. The number of nitrogens with zero attached hydrogens (tertiary/aromatic N) is 2. The molecule has 0 saturated carbocycles. The van der Waals surface area contributed by atoms with Crippen molar-refractivity contribution in [3.8, 4) is 5.75 Å². The Labute approximate surface area is 137 Å². The van der Waals surface area contributed by atoms with Crippen molar-refractivity contribution >= 4 is 5.82 Å². The summed E-state index contributed by atoms with van der Waals surface area (Å²) in [5.41, 5.74) is 2.38. The number of hydrogen-bond donors (Lipinski definition) is 2. The second-order valence-electron chi connectivity index (χ2n) is 6.59. The summed E-state index contributed by atoms with van der Waals surface area (Å²) in [5, 5.41) is 11.8. The quantitative estimate of drug-likeness (QED) is 0.915. The highest BCUT2D eigenvalue weighted by molar-refractivity contribution is 5.38. The van der Waals surface area contributed by atoms with Gasteiger partial charge in [-0.15, -0.1) is 0 Å². The highest BCUT2D eigenvalue weighted by Crippen LogP contribution is 2.31. The first-order valence-corrected chi connectivity index (χ1v) is 8.53. The number of aromatic nitrogens is 2. The molecule has 122 valence electrons. The number of ether oxygens (including phenoxy) is 1. The first-order chi connectivity index (χ1) is 11.3. The van der Waals surface area contributed by atoms with Gasteiger partial charge < -0.3 is 15.4 Å². The molecule has 4 rings (SSSR count). The fourth-order valence-electron chi connectivity index (χ4n) is 3.57. The number of anilines is 1. The van der Waals surface area contributed by atoms with Crippen LogP contribution >= 0.6 is 0 Å². The van der Waals surface area contributed by atoms with E-state index in [9.17, 15) is 0 Å². The molecule has 0 saturated heterocycles. The van der Waals surface area contributed by atoms with Gasteiger partial charge in [0, 0.05) is 43.2 Å². The molecular weight excluding hydrogens is 288 g/mol. The molecule has 2 aliphatic heterocycles. The largest absolute Gasteiger partial charge is 0.493 e. The van der Waals surface area contributed by atoms with Gasteiger partial charge in [0.2, 0.25) is 0 Å². The van der Waals surface area contributed by atoms with Crippen molar-refractivity contribution in [3.63, 3.8) is 0 Å². The van der Waals surface area contributed by atoms with E-state index in [1.165, 1.54) is 5.56 Å². The van der Waals surface area contributed by atoms with E-state index >= 15 is 0 Å². The molecule has 0 aliphatic carbocycles. The molecule has 2 aromatic rings. The molecule has 2 N–H and O–H groups in total. The van der Waals surface area contributed by atoms with Crippen LogP contribution in [0.25, 0.3) is 0 Å². The third kappa shape index (κ3) is 3.06. The zero-order chi connectivity index (χ0) is 15.6. The van der Waals surface area contributed by atoms with Crippen molar-refractivity contribution in [2.45, 2.75) is 32.4 Å². The monoisotopic (exact) mass is 312 g/mol. The number of rotatable bonds is 3. The average molecular weight is 312 g/mol. The second-order valence-corrected chi connectivity index (χ2v) is 6.59. The molecule has 2 atom stereocenters. The molecule has 3 heterocycles. The lowest BCUT2D eigenvalue weighted by molar-refractivity contribution is 0.313. The Kier molecular flexibility index (Phi) is 3.95. The van der Waals surface area contributed by atoms with E-state index in [1.54, 1.807) is 0 Å². The van der Waals surface area contributed by atoms with E-state index in [4.69, 9.17) is 4.74 Å². The predicted molar refractivity (Wildman–Crippen MR) is 90.9 cm³/mol. The summed E-state index contributed by atoms with van der Waals surface area (Å²) in [7, 11) is 0. The maximum atomic E-state index is 5.85. The molecule has 5 nitrogen and oxygen atoms in total. The summed E-state index contributed by atoms with van der Waals surface area (Å²) in [6.45, 7) is 5.83. The van der Waals surface area contributed by atoms with Crippen LogP contribution < -0.4 is 15.4 Å². The molecule has 23 heavy (non-hydrogen) atoms. The molecular formula is C18H24N4O. The van der Waals surface area contributed by atoms with Gasteiger partial charge in [-0.25, -0.2) is 4.68 Å². The zero-order valence-electron chi connectivity index (χ0n) is 13.6. The normalized spacial score (nSPS) is 23.2. The fraction of sp³-hybridized carbons (Fsp3) is 0.500. The van der Waals surface area contributed by atoms with Gasteiger partial charge in [0.1, 0.15) is 11.6 Å². The van der Waals surface area contributed by atoms with Crippen molar-refractivity contribution in [3.05, 3.63) is 41.6 Å². The van der Waals surface area contributed by atoms with Crippen LogP contribution in [-0.4, -0.2) is 29.5 Å². The Morgan fingerprint density at radius 3 is 3.26 bits per heavy atom. The maximum Gasteiger partial charge on any atom is 0.124 e. The van der Waals surface area contributed by atoms with E-state index < -0.39 is 0 Å². The van der Waals surface area contributed by atoms with E-state index in [0.717, 1.165) is 56.3 Å². The minimum atomic E-state index is 0.384. The molecule has 0 bridgehead atoms. The van der Waals surface area contributed by atoms with E-state index in [-0.39, 0.29) is 0 Å². The van der Waals surface area contributed by atoms with Gasteiger partial charge in [-0.2, -0.15) is 5.10 Å². The van der Waals surface area contributed by atoms with Crippen LogP contribution in [0.1, 0.15) is 30.1 Å². The van der Waals surface area contributed by atoms with Crippen LogP contribution in [0.15, 0.2) is 30.3 Å². The molecule has 1 aromatic carbocycles. The SMILES string of the molecule is Cc1cc2n(n1)C[C@@H](CN[C@H]1CCCOc3ccccc31)CN2. The molecule has 2 aliphatic rings. The number of benzene rings is 1. The number of para-hydroxylation sites is 1. The van der Waals surface area contributed by atoms with Crippen molar-refractivity contribution in [2.75, 3.05) is 25.0 Å². The smallest absolute Gasteiger partial charge is 0.124 e. The van der Waals surface area contributed by atoms with Crippen LogP contribution in [0.5, 0.6) is 5.75 Å². The van der Waals surface area contributed by atoms with Crippen LogP contribution in [0.3, 0.4) is 0 Å². The Hall–Kier alpha value is -2.01. The van der Waals surface area contributed by atoms with Gasteiger partial charge in [-0.05, 0) is 25.8 Å². The van der Waals surface area contributed by atoms with Crippen molar-refractivity contribution in [2.24, 2.45) is 5.92 Å². The van der Waals surface area contributed by atoms with Crippen LogP contribution in [0, 0.1) is 12.8 Å². The highest BCUT2D eigenvalue weighted by Gasteiger charge is 2.23. The molecule has 0 spiro atoms. The lowest BCUT2D eigenvalue weighted by Gasteiger charge is -2.27. The third-order valence-electron chi connectivity index (χ3n) is 4.75. The molecule has 0 radical (unpaired) electrons. The van der Waals surface area contributed by atoms with Gasteiger partial charge >= 0.3 is 0 Å². The minimum Gasteiger partial charge on any atom is -0.493 e. The van der Waals surface area contributed by atoms with Crippen LogP contribution in [0.2, 0.25) is 0 Å².